The Hall–Kier alpha value is -1.10. The molecular formula is C19H29NO3. The van der Waals surface area contributed by atoms with E-state index in [4.69, 9.17) is 4.74 Å². The first-order valence-corrected chi connectivity index (χ1v) is 8.96. The van der Waals surface area contributed by atoms with Crippen molar-refractivity contribution in [3.05, 3.63) is 30.3 Å². The first-order valence-electron chi connectivity index (χ1n) is 8.96. The van der Waals surface area contributed by atoms with E-state index in [0.717, 1.165) is 44.3 Å². The molecule has 128 valence electrons. The van der Waals surface area contributed by atoms with Crippen LogP contribution in [0.15, 0.2) is 30.3 Å². The van der Waals surface area contributed by atoms with Crippen molar-refractivity contribution in [2.24, 2.45) is 0 Å². The number of aliphatic hydroxyl groups is 2. The molecule has 0 aliphatic heterocycles. The van der Waals surface area contributed by atoms with Crippen LogP contribution in [-0.2, 0) is 0 Å². The lowest BCUT2D eigenvalue weighted by molar-refractivity contribution is -0.0781. The first-order chi connectivity index (χ1) is 11.2. The van der Waals surface area contributed by atoms with Crippen molar-refractivity contribution in [2.75, 3.05) is 7.05 Å². The first kappa shape index (κ1) is 16.7. The summed E-state index contributed by atoms with van der Waals surface area (Å²) in [6.45, 7) is 0. The molecule has 0 aromatic heterocycles. The Morgan fingerprint density at radius 2 is 1.61 bits per heavy atom. The van der Waals surface area contributed by atoms with Gasteiger partial charge in [-0.05, 0) is 51.3 Å². The van der Waals surface area contributed by atoms with Gasteiger partial charge in [0, 0.05) is 12.1 Å². The highest BCUT2D eigenvalue weighted by molar-refractivity contribution is 5.21. The molecular weight excluding hydrogens is 290 g/mol. The maximum atomic E-state index is 10.8. The molecule has 2 N–H and O–H groups in total. The van der Waals surface area contributed by atoms with E-state index in [-0.39, 0.29) is 24.3 Å². The van der Waals surface area contributed by atoms with Gasteiger partial charge in [0.1, 0.15) is 18.0 Å². The van der Waals surface area contributed by atoms with E-state index < -0.39 is 6.10 Å². The number of likely N-dealkylation sites (N-methyl/N-ethyl adjacent to an activating group) is 1. The Bertz CT molecular complexity index is 481. The van der Waals surface area contributed by atoms with Gasteiger partial charge >= 0.3 is 0 Å². The van der Waals surface area contributed by atoms with Gasteiger partial charge in [0.05, 0.1) is 6.10 Å². The minimum atomic E-state index is -0.511. The Morgan fingerprint density at radius 3 is 2.35 bits per heavy atom. The van der Waals surface area contributed by atoms with Crippen LogP contribution < -0.4 is 4.74 Å². The number of nitrogens with zero attached hydrogens (tertiary/aromatic N) is 1. The second kappa shape index (κ2) is 7.65. The SMILES string of the molecule is CN([C@H]1CCC[C@@H](Oc2ccccc2)[C@@H]1O)[C@H]1CCCC[C@H]1O. The van der Waals surface area contributed by atoms with Gasteiger partial charge < -0.3 is 14.9 Å². The zero-order valence-corrected chi connectivity index (χ0v) is 14.0. The van der Waals surface area contributed by atoms with Crippen molar-refractivity contribution >= 4 is 0 Å². The van der Waals surface area contributed by atoms with E-state index in [2.05, 4.69) is 11.9 Å². The van der Waals surface area contributed by atoms with E-state index >= 15 is 0 Å². The second-order valence-corrected chi connectivity index (χ2v) is 7.04. The van der Waals surface area contributed by atoms with Crippen molar-refractivity contribution in [1.29, 1.82) is 0 Å². The molecule has 4 nitrogen and oxygen atoms in total. The Balaban J connectivity index is 1.65. The summed E-state index contributed by atoms with van der Waals surface area (Å²) in [6, 6.07) is 9.97. The largest absolute Gasteiger partial charge is 0.488 e. The molecule has 0 bridgehead atoms. The predicted molar refractivity (Wildman–Crippen MR) is 90.5 cm³/mol. The molecule has 1 aromatic rings. The van der Waals surface area contributed by atoms with E-state index in [1.165, 1.54) is 6.42 Å². The third-order valence-corrected chi connectivity index (χ3v) is 5.53. The van der Waals surface area contributed by atoms with Gasteiger partial charge in [-0.1, -0.05) is 31.0 Å². The molecule has 2 saturated carbocycles. The van der Waals surface area contributed by atoms with E-state index in [0.29, 0.717) is 0 Å². The van der Waals surface area contributed by atoms with E-state index in [1.54, 1.807) is 0 Å². The minimum Gasteiger partial charge on any atom is -0.488 e. The van der Waals surface area contributed by atoms with Crippen LogP contribution in [0.5, 0.6) is 5.75 Å². The second-order valence-electron chi connectivity index (χ2n) is 7.04. The topological polar surface area (TPSA) is 52.9 Å². The fraction of sp³-hybridized carbons (Fsp3) is 0.684. The van der Waals surface area contributed by atoms with Crippen LogP contribution in [0.1, 0.15) is 44.9 Å². The van der Waals surface area contributed by atoms with Crippen molar-refractivity contribution in [1.82, 2.24) is 4.90 Å². The molecule has 2 aliphatic rings. The third kappa shape index (κ3) is 3.87. The molecule has 0 radical (unpaired) electrons. The van der Waals surface area contributed by atoms with Gasteiger partial charge in [-0.25, -0.2) is 0 Å². The number of ether oxygens (including phenoxy) is 1. The molecule has 4 heteroatoms. The van der Waals surface area contributed by atoms with Crippen molar-refractivity contribution in [3.8, 4) is 5.75 Å². The molecule has 0 amide bonds. The average Bonchev–Trinajstić information content (AvgIpc) is 2.58. The summed E-state index contributed by atoms with van der Waals surface area (Å²) in [7, 11) is 2.05. The van der Waals surface area contributed by atoms with Crippen LogP contribution in [-0.4, -0.2) is 52.6 Å². The molecule has 5 atom stereocenters. The number of hydrogen-bond donors (Lipinski definition) is 2. The van der Waals surface area contributed by atoms with Gasteiger partial charge in [0.15, 0.2) is 0 Å². The summed E-state index contributed by atoms with van der Waals surface area (Å²) >= 11 is 0. The molecule has 23 heavy (non-hydrogen) atoms. The zero-order valence-electron chi connectivity index (χ0n) is 14.0. The molecule has 2 aliphatic carbocycles. The molecule has 3 rings (SSSR count). The average molecular weight is 319 g/mol. The summed E-state index contributed by atoms with van der Waals surface area (Å²) < 4.78 is 6.02. The van der Waals surface area contributed by atoms with Crippen LogP contribution in [0, 0.1) is 0 Å². The van der Waals surface area contributed by atoms with E-state index in [9.17, 15) is 10.2 Å². The van der Waals surface area contributed by atoms with Crippen LogP contribution in [0.25, 0.3) is 0 Å². The Morgan fingerprint density at radius 1 is 0.913 bits per heavy atom. The van der Waals surface area contributed by atoms with Crippen molar-refractivity contribution in [2.45, 2.75) is 75.3 Å². The monoisotopic (exact) mass is 319 g/mol. The van der Waals surface area contributed by atoms with Crippen molar-refractivity contribution in [3.63, 3.8) is 0 Å². The molecule has 0 spiro atoms. The zero-order chi connectivity index (χ0) is 16.2. The number of rotatable bonds is 4. The Kier molecular flexibility index (Phi) is 5.57. The van der Waals surface area contributed by atoms with Crippen molar-refractivity contribution < 1.29 is 14.9 Å². The highest BCUT2D eigenvalue weighted by atomic mass is 16.5. The van der Waals surface area contributed by atoms with Crippen LogP contribution in [0.2, 0.25) is 0 Å². The van der Waals surface area contributed by atoms with Gasteiger partial charge in [-0.15, -0.1) is 0 Å². The number of hydrogen-bond acceptors (Lipinski definition) is 4. The molecule has 0 unspecified atom stereocenters. The standard InChI is InChI=1S/C19H29NO3/c1-20(15-10-5-6-12-17(15)21)16-11-7-13-18(19(16)22)23-14-8-3-2-4-9-14/h2-4,8-9,15-19,21-22H,5-7,10-13H2,1H3/t15-,16-,17+,18+,19+/m0/s1. The minimum absolute atomic E-state index is 0.0650. The normalized spacial score (nSPS) is 35.2. The summed E-state index contributed by atoms with van der Waals surface area (Å²) in [6.07, 6.45) is 6.12. The number of benzene rings is 1. The fourth-order valence-corrected chi connectivity index (χ4v) is 4.18. The van der Waals surface area contributed by atoms with Gasteiger partial charge in [0.25, 0.3) is 0 Å². The van der Waals surface area contributed by atoms with E-state index in [1.807, 2.05) is 30.3 Å². The number of aliphatic hydroxyl groups excluding tert-OH is 2. The quantitative estimate of drug-likeness (QED) is 0.896. The lowest BCUT2D eigenvalue weighted by atomic mass is 9.85. The summed E-state index contributed by atoms with van der Waals surface area (Å²) in [5.41, 5.74) is 0. The lowest BCUT2D eigenvalue weighted by Gasteiger charge is -2.45. The summed E-state index contributed by atoms with van der Waals surface area (Å²) in [5, 5.41) is 21.1. The number of para-hydroxylation sites is 1. The summed E-state index contributed by atoms with van der Waals surface area (Å²) in [5.74, 6) is 0.817. The highest BCUT2D eigenvalue weighted by Gasteiger charge is 2.39. The van der Waals surface area contributed by atoms with Gasteiger partial charge in [-0.2, -0.15) is 0 Å². The maximum Gasteiger partial charge on any atom is 0.126 e. The van der Waals surface area contributed by atoms with Crippen LogP contribution in [0.4, 0.5) is 0 Å². The fourth-order valence-electron chi connectivity index (χ4n) is 4.18. The third-order valence-electron chi connectivity index (χ3n) is 5.53. The van der Waals surface area contributed by atoms with Gasteiger partial charge in [-0.3, -0.25) is 4.90 Å². The van der Waals surface area contributed by atoms with Crippen LogP contribution >= 0.6 is 0 Å². The Labute approximate surface area is 139 Å². The highest BCUT2D eigenvalue weighted by Crippen LogP contribution is 2.31. The molecule has 0 heterocycles. The molecule has 0 saturated heterocycles. The van der Waals surface area contributed by atoms with Gasteiger partial charge in [0.2, 0.25) is 0 Å². The molecule has 1 aromatic carbocycles. The lowest BCUT2D eigenvalue weighted by Crippen LogP contribution is -2.57. The van der Waals surface area contributed by atoms with Crippen LogP contribution in [0.3, 0.4) is 0 Å². The predicted octanol–water partition coefficient (Wildman–Crippen LogP) is 2.58. The smallest absolute Gasteiger partial charge is 0.126 e. The maximum absolute atomic E-state index is 10.8. The molecule has 2 fully saturated rings. The summed E-state index contributed by atoms with van der Waals surface area (Å²) in [4.78, 5) is 2.22.